The van der Waals surface area contributed by atoms with Crippen LogP contribution in [0.15, 0.2) is 54.6 Å². The molecule has 0 spiro atoms. The van der Waals surface area contributed by atoms with E-state index in [1.165, 1.54) is 5.56 Å². The second-order valence-electron chi connectivity index (χ2n) is 8.66. The molecule has 1 fully saturated rings. The molecule has 3 aromatic rings. The summed E-state index contributed by atoms with van der Waals surface area (Å²) in [7, 11) is 1.70. The minimum absolute atomic E-state index is 0.00598. The Labute approximate surface area is 190 Å². The van der Waals surface area contributed by atoms with Gasteiger partial charge in [0.2, 0.25) is 0 Å². The molecule has 1 aromatic heterocycles. The van der Waals surface area contributed by atoms with Gasteiger partial charge in [-0.1, -0.05) is 24.3 Å². The molecule has 1 amide bonds. The summed E-state index contributed by atoms with van der Waals surface area (Å²) in [5.41, 5.74) is 5.18. The molecular formula is C26H32N4O2. The third kappa shape index (κ3) is 5.56. The van der Waals surface area contributed by atoms with Crippen molar-refractivity contribution in [3.8, 4) is 5.75 Å². The molecule has 0 aliphatic carbocycles. The predicted molar refractivity (Wildman–Crippen MR) is 126 cm³/mol. The smallest absolute Gasteiger partial charge is 0.251 e. The van der Waals surface area contributed by atoms with Gasteiger partial charge in [-0.25, -0.2) is 0 Å². The molecular weight excluding hydrogens is 400 g/mol. The normalized spacial score (nSPS) is 15.0. The second-order valence-corrected chi connectivity index (χ2v) is 8.66. The summed E-state index contributed by atoms with van der Waals surface area (Å²) in [5.74, 6) is 0.899. The lowest BCUT2D eigenvalue weighted by Gasteiger charge is -2.32. The summed E-state index contributed by atoms with van der Waals surface area (Å²) in [4.78, 5) is 15.3. The van der Waals surface area contributed by atoms with E-state index in [9.17, 15) is 4.79 Å². The van der Waals surface area contributed by atoms with Crippen LogP contribution in [0.3, 0.4) is 0 Å². The van der Waals surface area contributed by atoms with Crippen molar-refractivity contribution in [3.63, 3.8) is 0 Å². The zero-order valence-electron chi connectivity index (χ0n) is 19.2. The van der Waals surface area contributed by atoms with Gasteiger partial charge in [-0.05, 0) is 68.1 Å². The topological polar surface area (TPSA) is 59.4 Å². The molecule has 1 aliphatic heterocycles. The summed E-state index contributed by atoms with van der Waals surface area (Å²) < 4.78 is 7.30. The molecule has 6 nitrogen and oxygen atoms in total. The third-order valence-electron chi connectivity index (χ3n) is 6.09. The van der Waals surface area contributed by atoms with E-state index in [1.807, 2.05) is 48.0 Å². The van der Waals surface area contributed by atoms with Gasteiger partial charge in [0.1, 0.15) is 5.75 Å². The van der Waals surface area contributed by atoms with Crippen LogP contribution in [-0.4, -0.2) is 46.8 Å². The zero-order valence-corrected chi connectivity index (χ0v) is 19.2. The van der Waals surface area contributed by atoms with E-state index in [1.54, 1.807) is 7.11 Å². The molecule has 168 valence electrons. The maximum atomic E-state index is 12.9. The number of likely N-dealkylation sites (tertiary alicyclic amines) is 1. The van der Waals surface area contributed by atoms with E-state index in [-0.39, 0.29) is 11.9 Å². The van der Waals surface area contributed by atoms with Crippen molar-refractivity contribution in [3.05, 3.63) is 82.7 Å². The fourth-order valence-corrected chi connectivity index (χ4v) is 4.35. The number of methoxy groups -OCH3 is 1. The second kappa shape index (κ2) is 10.0. The molecule has 1 aliphatic rings. The van der Waals surface area contributed by atoms with Crippen molar-refractivity contribution in [1.29, 1.82) is 0 Å². The lowest BCUT2D eigenvalue weighted by molar-refractivity contribution is 0.0908. The van der Waals surface area contributed by atoms with Gasteiger partial charge in [0.25, 0.3) is 5.91 Å². The Morgan fingerprint density at radius 2 is 1.75 bits per heavy atom. The molecule has 0 bridgehead atoms. The molecule has 4 rings (SSSR count). The average Bonchev–Trinajstić information content (AvgIpc) is 3.11. The highest BCUT2D eigenvalue weighted by molar-refractivity contribution is 5.94. The van der Waals surface area contributed by atoms with Gasteiger partial charge in [0.05, 0.1) is 19.3 Å². The number of carbonyl (C=O) groups is 1. The van der Waals surface area contributed by atoms with Gasteiger partial charge < -0.3 is 10.1 Å². The molecule has 6 heteroatoms. The first-order valence-electron chi connectivity index (χ1n) is 11.3. The quantitative estimate of drug-likeness (QED) is 0.614. The number of piperidine rings is 1. The highest BCUT2D eigenvalue weighted by Crippen LogP contribution is 2.18. The van der Waals surface area contributed by atoms with Gasteiger partial charge in [-0.3, -0.25) is 14.4 Å². The Kier molecular flexibility index (Phi) is 6.90. The van der Waals surface area contributed by atoms with Crippen molar-refractivity contribution in [2.45, 2.75) is 45.8 Å². The van der Waals surface area contributed by atoms with Crippen LogP contribution in [0, 0.1) is 13.8 Å². The van der Waals surface area contributed by atoms with Crippen LogP contribution in [0.5, 0.6) is 5.75 Å². The van der Waals surface area contributed by atoms with E-state index in [0.29, 0.717) is 12.1 Å². The average molecular weight is 433 g/mol. The van der Waals surface area contributed by atoms with Crippen LogP contribution in [0.25, 0.3) is 0 Å². The molecule has 1 N–H and O–H groups in total. The number of rotatable bonds is 7. The summed E-state index contributed by atoms with van der Waals surface area (Å²) >= 11 is 0. The monoisotopic (exact) mass is 432 g/mol. The fraction of sp³-hybridized carbons (Fsp3) is 0.385. The maximum absolute atomic E-state index is 12.9. The standard InChI is InChI=1S/C26H32N4O2/c1-19-14-20(2)30(28-19)18-21-6-4-8-23(15-21)26(31)27-24-10-12-29(13-11-24)17-22-7-5-9-25(16-22)32-3/h4-9,14-16,24H,10-13,17-18H2,1-3H3,(H,27,31). The molecule has 2 heterocycles. The Morgan fingerprint density at radius 1 is 1.03 bits per heavy atom. The first-order chi connectivity index (χ1) is 15.5. The number of amides is 1. The minimum Gasteiger partial charge on any atom is -0.497 e. The molecule has 2 aromatic carbocycles. The van der Waals surface area contributed by atoms with Crippen LogP contribution in [0.1, 0.15) is 45.7 Å². The van der Waals surface area contributed by atoms with Crippen LogP contribution in [-0.2, 0) is 13.1 Å². The number of nitrogens with zero attached hydrogens (tertiary/aromatic N) is 3. The largest absolute Gasteiger partial charge is 0.497 e. The number of aromatic nitrogens is 2. The zero-order chi connectivity index (χ0) is 22.5. The van der Waals surface area contributed by atoms with Crippen LogP contribution in [0.2, 0.25) is 0 Å². The molecule has 0 saturated carbocycles. The van der Waals surface area contributed by atoms with Gasteiger partial charge in [0, 0.05) is 36.9 Å². The van der Waals surface area contributed by atoms with Gasteiger partial charge in [0.15, 0.2) is 0 Å². The van der Waals surface area contributed by atoms with E-state index < -0.39 is 0 Å². The number of aryl methyl sites for hydroxylation is 2. The van der Waals surface area contributed by atoms with Crippen LogP contribution in [0.4, 0.5) is 0 Å². The molecule has 0 radical (unpaired) electrons. The predicted octanol–water partition coefficient (Wildman–Crippen LogP) is 3.95. The summed E-state index contributed by atoms with van der Waals surface area (Å²) in [6.45, 7) is 7.57. The first-order valence-corrected chi connectivity index (χ1v) is 11.3. The number of nitrogens with one attached hydrogen (secondary N) is 1. The Bertz CT molecular complexity index is 1070. The highest BCUT2D eigenvalue weighted by atomic mass is 16.5. The minimum atomic E-state index is 0.00598. The van der Waals surface area contributed by atoms with Gasteiger partial charge >= 0.3 is 0 Å². The summed E-state index contributed by atoms with van der Waals surface area (Å²) in [6, 6.07) is 18.4. The Balaban J connectivity index is 1.29. The summed E-state index contributed by atoms with van der Waals surface area (Å²) in [6.07, 6.45) is 1.92. The van der Waals surface area contributed by atoms with Crippen molar-refractivity contribution >= 4 is 5.91 Å². The molecule has 32 heavy (non-hydrogen) atoms. The maximum Gasteiger partial charge on any atom is 0.251 e. The Hall–Kier alpha value is -3.12. The number of hydrogen-bond acceptors (Lipinski definition) is 4. The number of benzene rings is 2. The van der Waals surface area contributed by atoms with Gasteiger partial charge in [-0.2, -0.15) is 5.10 Å². The SMILES string of the molecule is COc1cccc(CN2CCC(NC(=O)c3cccc(Cn4nc(C)cc4C)c3)CC2)c1. The third-order valence-corrected chi connectivity index (χ3v) is 6.09. The van der Waals surface area contributed by atoms with E-state index in [0.717, 1.165) is 55.2 Å². The molecule has 1 saturated heterocycles. The summed E-state index contributed by atoms with van der Waals surface area (Å²) in [5, 5.41) is 7.76. The van der Waals surface area contributed by atoms with Crippen molar-refractivity contribution in [2.24, 2.45) is 0 Å². The van der Waals surface area contributed by atoms with E-state index in [2.05, 4.69) is 40.4 Å². The number of hydrogen-bond donors (Lipinski definition) is 1. The first kappa shape index (κ1) is 22.1. The molecule has 0 unspecified atom stereocenters. The van der Waals surface area contributed by atoms with Gasteiger partial charge in [-0.15, -0.1) is 0 Å². The molecule has 0 atom stereocenters. The number of ether oxygens (including phenoxy) is 1. The van der Waals surface area contributed by atoms with Crippen LogP contribution < -0.4 is 10.1 Å². The number of carbonyl (C=O) groups excluding carboxylic acids is 1. The lowest BCUT2D eigenvalue weighted by Crippen LogP contribution is -2.44. The van der Waals surface area contributed by atoms with E-state index >= 15 is 0 Å². The lowest BCUT2D eigenvalue weighted by atomic mass is 10.0. The van der Waals surface area contributed by atoms with Crippen molar-refractivity contribution in [2.75, 3.05) is 20.2 Å². The fourth-order valence-electron chi connectivity index (χ4n) is 4.35. The van der Waals surface area contributed by atoms with Crippen molar-refractivity contribution < 1.29 is 9.53 Å². The highest BCUT2D eigenvalue weighted by Gasteiger charge is 2.21. The van der Waals surface area contributed by atoms with Crippen LogP contribution >= 0.6 is 0 Å². The van der Waals surface area contributed by atoms with Crippen molar-refractivity contribution in [1.82, 2.24) is 20.0 Å². The Morgan fingerprint density at radius 3 is 2.44 bits per heavy atom. The van der Waals surface area contributed by atoms with E-state index in [4.69, 9.17) is 4.74 Å².